The van der Waals surface area contributed by atoms with E-state index in [1.807, 2.05) is 20.8 Å². The Hall–Kier alpha value is -1.30. The van der Waals surface area contributed by atoms with Crippen LogP contribution >= 0.6 is 0 Å². The van der Waals surface area contributed by atoms with Gasteiger partial charge in [0.05, 0.1) is 0 Å². The van der Waals surface area contributed by atoms with Gasteiger partial charge < -0.3 is 20.9 Å². The van der Waals surface area contributed by atoms with Crippen molar-refractivity contribution in [1.29, 1.82) is 0 Å². The molecule has 0 saturated heterocycles. The predicted molar refractivity (Wildman–Crippen MR) is 70.7 cm³/mol. The number of alkyl carbamates (subject to hydrolysis) is 1. The molecule has 2 rings (SSSR count). The number of fused-ring (bicyclic) bond motifs is 2. The average Bonchev–Trinajstić information content (AvgIpc) is 2.74. The summed E-state index contributed by atoms with van der Waals surface area (Å²) in [6, 6.07) is 0.626. The van der Waals surface area contributed by atoms with Gasteiger partial charge in [-0.25, -0.2) is 4.79 Å². The number of rotatable bonds is 1. The van der Waals surface area contributed by atoms with Gasteiger partial charge in [0.25, 0.3) is 6.47 Å². The molecule has 4 N–H and O–H groups in total. The van der Waals surface area contributed by atoms with Crippen LogP contribution in [0.25, 0.3) is 0 Å². The summed E-state index contributed by atoms with van der Waals surface area (Å²) in [5.41, 5.74) is 5.55. The first-order valence-corrected chi connectivity index (χ1v) is 6.59. The normalized spacial score (nSPS) is 32.2. The first-order valence-electron chi connectivity index (χ1n) is 6.59. The Balaban J connectivity index is 0.000000550. The van der Waals surface area contributed by atoms with E-state index in [-0.39, 0.29) is 18.6 Å². The topological polar surface area (TPSA) is 102 Å². The molecule has 0 radical (unpaired) electrons. The molecule has 110 valence electrons. The Bertz CT molecular complexity index is 325. The maximum atomic E-state index is 11.6. The van der Waals surface area contributed by atoms with Gasteiger partial charge in [-0.3, -0.25) is 4.79 Å². The minimum absolute atomic E-state index is 0.250. The van der Waals surface area contributed by atoms with Gasteiger partial charge in [0.1, 0.15) is 5.60 Å². The van der Waals surface area contributed by atoms with Crippen molar-refractivity contribution in [3.8, 4) is 0 Å². The van der Waals surface area contributed by atoms with Gasteiger partial charge >= 0.3 is 6.09 Å². The molecule has 0 aliphatic heterocycles. The molecule has 0 heterocycles. The quantitative estimate of drug-likeness (QED) is 0.625. The molecule has 2 aliphatic rings. The number of nitrogens with two attached hydrogens (primary N) is 1. The Kier molecular flexibility index (Phi) is 5.17. The van der Waals surface area contributed by atoms with E-state index in [0.29, 0.717) is 17.9 Å². The largest absolute Gasteiger partial charge is 0.483 e. The maximum absolute atomic E-state index is 11.6. The summed E-state index contributed by atoms with van der Waals surface area (Å²) >= 11 is 0. The van der Waals surface area contributed by atoms with Crippen LogP contribution in [0.1, 0.15) is 40.0 Å². The van der Waals surface area contributed by atoms with Crippen LogP contribution in [0.2, 0.25) is 0 Å². The summed E-state index contributed by atoms with van der Waals surface area (Å²) in [6.45, 7) is 5.38. The zero-order chi connectivity index (χ0) is 14.6. The highest BCUT2D eigenvalue weighted by Crippen LogP contribution is 2.43. The Morgan fingerprint density at radius 2 is 1.89 bits per heavy atom. The molecule has 0 unspecified atom stereocenters. The van der Waals surface area contributed by atoms with E-state index in [2.05, 4.69) is 5.32 Å². The van der Waals surface area contributed by atoms with Gasteiger partial charge in [-0.05, 0) is 51.9 Å². The molecule has 19 heavy (non-hydrogen) atoms. The molecule has 2 bridgehead atoms. The van der Waals surface area contributed by atoms with Gasteiger partial charge in [-0.1, -0.05) is 0 Å². The third-order valence-corrected chi connectivity index (χ3v) is 3.61. The second-order valence-corrected chi connectivity index (χ2v) is 6.25. The minimum atomic E-state index is -0.419. The van der Waals surface area contributed by atoms with Crippen LogP contribution in [0.15, 0.2) is 0 Å². The maximum Gasteiger partial charge on any atom is 0.407 e. The summed E-state index contributed by atoms with van der Waals surface area (Å²) in [5.74, 6) is 1.16. The average molecular weight is 272 g/mol. The lowest BCUT2D eigenvalue weighted by molar-refractivity contribution is -0.122. The molecule has 2 aliphatic carbocycles. The van der Waals surface area contributed by atoms with Crippen LogP contribution in [-0.2, 0) is 9.53 Å². The van der Waals surface area contributed by atoms with Crippen LogP contribution in [0.3, 0.4) is 0 Å². The zero-order valence-electron chi connectivity index (χ0n) is 11.8. The van der Waals surface area contributed by atoms with Crippen molar-refractivity contribution in [2.45, 2.75) is 57.7 Å². The van der Waals surface area contributed by atoms with Crippen LogP contribution in [0.4, 0.5) is 4.79 Å². The molecule has 0 aromatic heterocycles. The highest BCUT2D eigenvalue weighted by molar-refractivity contribution is 5.68. The van der Waals surface area contributed by atoms with E-state index < -0.39 is 5.60 Å². The fraction of sp³-hybridized carbons (Fsp3) is 0.846. The van der Waals surface area contributed by atoms with Gasteiger partial charge in [-0.15, -0.1) is 0 Å². The molecule has 2 fully saturated rings. The zero-order valence-corrected chi connectivity index (χ0v) is 11.8. The number of carbonyl (C=O) groups excluding carboxylic acids is 1. The number of carboxylic acid groups (broad SMARTS) is 1. The van der Waals surface area contributed by atoms with Crippen molar-refractivity contribution in [3.63, 3.8) is 0 Å². The summed E-state index contributed by atoms with van der Waals surface area (Å²) in [5, 5.41) is 9.86. The van der Waals surface area contributed by atoms with Gasteiger partial charge in [0.15, 0.2) is 0 Å². The molecule has 1 amide bonds. The summed E-state index contributed by atoms with van der Waals surface area (Å²) in [4.78, 5) is 20.0. The van der Waals surface area contributed by atoms with E-state index in [0.717, 1.165) is 12.8 Å². The fourth-order valence-corrected chi connectivity index (χ4v) is 2.96. The molecule has 6 heteroatoms. The summed E-state index contributed by atoms with van der Waals surface area (Å²) in [6.07, 6.45) is 2.94. The van der Waals surface area contributed by atoms with Crippen LogP contribution in [0, 0.1) is 11.8 Å². The van der Waals surface area contributed by atoms with E-state index in [4.69, 9.17) is 20.4 Å². The SMILES string of the molecule is CC(C)(C)OC(=O)N[C@H]1C[C@H]2C[C@@H]1C[C@@H]2N.O=CO. The lowest BCUT2D eigenvalue weighted by Crippen LogP contribution is -2.44. The molecule has 4 atom stereocenters. The highest BCUT2D eigenvalue weighted by atomic mass is 16.6. The Labute approximate surface area is 113 Å². The molecular formula is C13H24N2O4. The summed E-state index contributed by atoms with van der Waals surface area (Å²) < 4.78 is 5.25. The van der Waals surface area contributed by atoms with E-state index in [1.165, 1.54) is 6.42 Å². The van der Waals surface area contributed by atoms with Crippen molar-refractivity contribution in [1.82, 2.24) is 5.32 Å². The molecule has 0 spiro atoms. The fourth-order valence-electron chi connectivity index (χ4n) is 2.96. The standard InChI is InChI=1S/C12H22N2O2.CH2O2/c1-12(2,3)16-11(15)14-10-6-7-4-8(10)5-9(7)13;2-1-3/h7-10H,4-6,13H2,1-3H3,(H,14,15);1H,(H,2,3)/t7-,8-,9+,10+;/m1./s1. The molecule has 2 saturated carbocycles. The number of hydrogen-bond donors (Lipinski definition) is 3. The summed E-state index contributed by atoms with van der Waals surface area (Å²) in [7, 11) is 0. The number of carbonyl (C=O) groups is 2. The van der Waals surface area contributed by atoms with Crippen molar-refractivity contribution in [2.75, 3.05) is 0 Å². The van der Waals surface area contributed by atoms with E-state index in [9.17, 15) is 4.79 Å². The molecule has 0 aromatic rings. The lowest BCUT2D eigenvalue weighted by Gasteiger charge is -2.28. The first-order chi connectivity index (χ1) is 8.76. The second-order valence-electron chi connectivity index (χ2n) is 6.25. The Morgan fingerprint density at radius 3 is 2.26 bits per heavy atom. The van der Waals surface area contributed by atoms with Crippen LogP contribution in [0.5, 0.6) is 0 Å². The number of hydrogen-bond acceptors (Lipinski definition) is 4. The second kappa shape index (κ2) is 6.23. The third-order valence-electron chi connectivity index (χ3n) is 3.61. The van der Waals surface area contributed by atoms with E-state index in [1.54, 1.807) is 0 Å². The monoisotopic (exact) mass is 272 g/mol. The molecule has 6 nitrogen and oxygen atoms in total. The van der Waals surface area contributed by atoms with Crippen molar-refractivity contribution < 1.29 is 19.4 Å². The number of amides is 1. The molecular weight excluding hydrogens is 248 g/mol. The third kappa shape index (κ3) is 4.70. The van der Waals surface area contributed by atoms with E-state index >= 15 is 0 Å². The van der Waals surface area contributed by atoms with Crippen molar-refractivity contribution >= 4 is 12.6 Å². The number of nitrogens with one attached hydrogen (secondary N) is 1. The van der Waals surface area contributed by atoms with Gasteiger partial charge in [0.2, 0.25) is 0 Å². The van der Waals surface area contributed by atoms with Gasteiger partial charge in [0, 0.05) is 12.1 Å². The van der Waals surface area contributed by atoms with Crippen LogP contribution in [-0.4, -0.2) is 35.4 Å². The van der Waals surface area contributed by atoms with Crippen LogP contribution < -0.4 is 11.1 Å². The Morgan fingerprint density at radius 1 is 1.32 bits per heavy atom. The van der Waals surface area contributed by atoms with Crippen molar-refractivity contribution in [3.05, 3.63) is 0 Å². The van der Waals surface area contributed by atoms with Crippen molar-refractivity contribution in [2.24, 2.45) is 17.6 Å². The predicted octanol–water partition coefficient (Wildman–Crippen LogP) is 1.34. The highest BCUT2D eigenvalue weighted by Gasteiger charge is 2.45. The lowest BCUT2D eigenvalue weighted by atomic mass is 9.92. The smallest absolute Gasteiger partial charge is 0.407 e. The number of ether oxygens (including phenoxy) is 1. The first kappa shape index (κ1) is 15.8. The van der Waals surface area contributed by atoms with Gasteiger partial charge in [-0.2, -0.15) is 0 Å². The molecule has 0 aromatic carbocycles. The minimum Gasteiger partial charge on any atom is -0.483 e.